The molecule has 18 aromatic rings. The molecule has 0 aliphatic carbocycles. The number of ether oxygens (including phenoxy) is 3. The molecule has 27 nitrogen and oxygen atoms in total. The van der Waals surface area contributed by atoms with Crippen molar-refractivity contribution in [1.29, 1.82) is 0 Å². The Morgan fingerprint density at radius 2 is 0.425 bits per heavy atom. The van der Waals surface area contributed by atoms with Crippen molar-refractivity contribution in [2.75, 3.05) is 26.9 Å². The topological polar surface area (TPSA) is 380 Å². The fourth-order valence-corrected chi connectivity index (χ4v) is 15.8. The Morgan fingerprint density at radius 3 is 0.619 bits per heavy atom. The number of carbonyl (C=O) groups is 6. The standard InChI is InChI=1S/C19H19N3O3.C19H17N3O2.C18H17N3O.3C17H15N3O/c1-13-16(19(23)25-12-11-24-2)18(15-5-9-21-10-6-15)22-17(13)14-3-7-20-8-4-14;1-3-12-24-19(23)16-13(2)17(14-4-8-20-9-5-14)22-18(16)15-6-10-21-11-7-15;1-3-15-16(12(2)22)18(14-6-10-20-11-7-14)21-17(15)13-4-8-19-9-5-13;3*1-11-15(12(2)21)17(14-5-9-19-10-6-14)20-16(11)13-3-7-18-8-4-13/h3-10,22H,11-12H2,1-2H3;3-11,22H,1,12H2,2H3;4-11,21H,3H2,1-2H3;3*3-10,20H,1-2H3. The molecule has 0 atom stereocenters. The number of hydrogen-bond acceptors (Lipinski definition) is 21. The summed E-state index contributed by atoms with van der Waals surface area (Å²) in [6.07, 6.45) is 43.8. The third-order valence-corrected chi connectivity index (χ3v) is 22.0. The van der Waals surface area contributed by atoms with E-state index in [2.05, 4.69) is 103 Å². The van der Waals surface area contributed by atoms with Crippen LogP contribution >= 0.6 is 0 Å². The summed E-state index contributed by atoms with van der Waals surface area (Å²) in [5, 5.41) is 0. The molecule has 6 N–H and O–H groups in total. The van der Waals surface area contributed by atoms with Crippen molar-refractivity contribution in [1.82, 2.24) is 89.7 Å². The average Bonchev–Trinajstić information content (AvgIpc) is 1.71. The molecular weight excluding hydrogens is 1680 g/mol. The van der Waals surface area contributed by atoms with Crippen LogP contribution in [0.3, 0.4) is 0 Å². The number of carbonyl (C=O) groups excluding carboxylic acids is 6. The molecule has 0 aliphatic heterocycles. The van der Waals surface area contributed by atoms with Gasteiger partial charge in [-0.3, -0.25) is 79.0 Å². The van der Waals surface area contributed by atoms with Crippen LogP contribution in [0.15, 0.2) is 307 Å². The summed E-state index contributed by atoms with van der Waals surface area (Å²) < 4.78 is 15.6. The van der Waals surface area contributed by atoms with E-state index in [1.807, 2.05) is 180 Å². The monoisotopic (exact) mass is 1780 g/mol. The maximum Gasteiger partial charge on any atom is 0.340 e. The molecule has 0 aromatic carbocycles. The van der Waals surface area contributed by atoms with Crippen molar-refractivity contribution < 1.29 is 43.0 Å². The van der Waals surface area contributed by atoms with E-state index in [-0.39, 0.29) is 48.3 Å². The number of Topliss-reactive ketones (excluding diaryl/α,β-unsaturated/α-hetero) is 4. The number of nitrogens with one attached hydrogen (secondary N) is 6. The third-order valence-electron chi connectivity index (χ3n) is 22.0. The number of hydrogen-bond donors (Lipinski definition) is 6. The maximum atomic E-state index is 12.7. The Bertz CT molecular complexity index is 6680. The lowest BCUT2D eigenvalue weighted by Crippen LogP contribution is -2.11. The van der Waals surface area contributed by atoms with Crippen molar-refractivity contribution in [3.05, 3.63) is 374 Å². The number of ketones is 4. The molecular formula is C107H98N18O9. The van der Waals surface area contributed by atoms with E-state index in [0.717, 1.165) is 191 Å². The Hall–Kier alpha value is -17.2. The highest BCUT2D eigenvalue weighted by atomic mass is 16.6. The van der Waals surface area contributed by atoms with Gasteiger partial charge >= 0.3 is 11.9 Å². The van der Waals surface area contributed by atoms with Gasteiger partial charge in [-0.05, 0) is 248 Å². The summed E-state index contributed by atoms with van der Waals surface area (Å²) in [6, 6.07) is 45.7. The number of rotatable bonds is 24. The zero-order chi connectivity index (χ0) is 94.6. The fraction of sp³-hybridized carbons (Fsp3) is 0.140. The lowest BCUT2D eigenvalue weighted by atomic mass is 9.98. The van der Waals surface area contributed by atoms with E-state index in [1.165, 1.54) is 0 Å². The van der Waals surface area contributed by atoms with E-state index < -0.39 is 0 Å². The van der Waals surface area contributed by atoms with Crippen LogP contribution < -0.4 is 0 Å². The molecule has 0 radical (unpaired) electrons. The lowest BCUT2D eigenvalue weighted by Gasteiger charge is -2.07. The third kappa shape index (κ3) is 22.4. The van der Waals surface area contributed by atoms with Crippen molar-refractivity contribution in [3.8, 4) is 135 Å². The zero-order valence-corrected chi connectivity index (χ0v) is 75.9. The van der Waals surface area contributed by atoms with Crippen LogP contribution in [0.25, 0.3) is 135 Å². The number of aromatic nitrogens is 18. The Balaban J connectivity index is 0.000000137. The van der Waals surface area contributed by atoms with Gasteiger partial charge in [0.2, 0.25) is 0 Å². The van der Waals surface area contributed by atoms with Gasteiger partial charge in [-0.2, -0.15) is 0 Å². The minimum absolute atomic E-state index is 0.0517. The summed E-state index contributed by atoms with van der Waals surface area (Å²) in [5.74, 6) is -0.531. The Labute approximate surface area is 774 Å². The summed E-state index contributed by atoms with van der Waals surface area (Å²) >= 11 is 0. The minimum atomic E-state index is -0.379. The largest absolute Gasteiger partial charge is 0.460 e. The van der Waals surface area contributed by atoms with Crippen LogP contribution in [0.2, 0.25) is 0 Å². The molecule has 0 fully saturated rings. The van der Waals surface area contributed by atoms with Crippen molar-refractivity contribution in [3.63, 3.8) is 0 Å². The van der Waals surface area contributed by atoms with Crippen LogP contribution in [-0.4, -0.2) is 152 Å². The molecule has 0 amide bonds. The molecule has 0 bridgehead atoms. The van der Waals surface area contributed by atoms with Gasteiger partial charge in [0, 0.05) is 279 Å². The highest BCUT2D eigenvalue weighted by molar-refractivity contribution is 6.07. The molecule has 18 rings (SSSR count). The van der Waals surface area contributed by atoms with Crippen molar-refractivity contribution in [2.24, 2.45) is 0 Å². The predicted octanol–water partition coefficient (Wildman–Crippen LogP) is 21.9. The normalized spacial score (nSPS) is 10.6. The molecule has 670 valence electrons. The smallest absolute Gasteiger partial charge is 0.340 e. The number of aromatic amines is 6. The number of pyridine rings is 12. The second-order valence-corrected chi connectivity index (χ2v) is 30.5. The van der Waals surface area contributed by atoms with Gasteiger partial charge in [0.25, 0.3) is 0 Å². The van der Waals surface area contributed by atoms with Crippen molar-refractivity contribution >= 4 is 35.1 Å². The quantitative estimate of drug-likeness (QED) is 0.0142. The first-order valence-electron chi connectivity index (χ1n) is 42.9. The summed E-state index contributed by atoms with van der Waals surface area (Å²) in [7, 11) is 1.57. The van der Waals surface area contributed by atoms with E-state index in [1.54, 1.807) is 190 Å². The highest BCUT2D eigenvalue weighted by Gasteiger charge is 2.29. The van der Waals surface area contributed by atoms with E-state index in [4.69, 9.17) is 14.2 Å². The first kappa shape index (κ1) is 94.4. The van der Waals surface area contributed by atoms with Gasteiger partial charge in [-0.1, -0.05) is 19.6 Å². The van der Waals surface area contributed by atoms with Crippen LogP contribution in [0, 0.1) is 34.6 Å². The Morgan fingerprint density at radius 1 is 0.254 bits per heavy atom. The average molecular weight is 1780 g/mol. The van der Waals surface area contributed by atoms with Crippen LogP contribution in [0.4, 0.5) is 0 Å². The number of esters is 2. The molecule has 0 saturated heterocycles. The van der Waals surface area contributed by atoms with Gasteiger partial charge in [0.1, 0.15) is 13.2 Å². The number of nitrogens with zero attached hydrogens (tertiary/aromatic N) is 12. The fourth-order valence-electron chi connectivity index (χ4n) is 15.8. The highest BCUT2D eigenvalue weighted by Crippen LogP contribution is 2.41. The number of methoxy groups -OCH3 is 1. The van der Waals surface area contributed by atoms with Crippen molar-refractivity contribution in [2.45, 2.75) is 75.7 Å². The molecule has 18 aromatic heterocycles. The molecule has 0 aliphatic rings. The number of H-pyrrole nitrogens is 6. The molecule has 27 heteroatoms. The zero-order valence-electron chi connectivity index (χ0n) is 75.9. The van der Waals surface area contributed by atoms with Gasteiger partial charge < -0.3 is 44.1 Å². The summed E-state index contributed by atoms with van der Waals surface area (Å²) in [6.45, 7) is 22.5. The van der Waals surface area contributed by atoms with Crippen LogP contribution in [0.1, 0.15) is 130 Å². The second kappa shape index (κ2) is 45.7. The van der Waals surface area contributed by atoms with E-state index in [0.29, 0.717) is 23.4 Å². The maximum absolute atomic E-state index is 12.7. The minimum Gasteiger partial charge on any atom is -0.460 e. The first-order chi connectivity index (χ1) is 65.2. The molecule has 134 heavy (non-hydrogen) atoms. The van der Waals surface area contributed by atoms with Gasteiger partial charge in [-0.25, -0.2) is 9.59 Å². The second-order valence-electron chi connectivity index (χ2n) is 30.5. The molecule has 0 spiro atoms. The lowest BCUT2D eigenvalue weighted by molar-refractivity contribution is 0.0387. The SMILES string of the molecule is C=CCOC(=O)c1c(-c2ccncc2)[nH]c(-c2ccncc2)c1C.CC(=O)c1c(-c2ccncc2)[nH]c(-c2ccncc2)c1C.CC(=O)c1c(-c2ccncc2)[nH]c(-c2ccncc2)c1C.CC(=O)c1c(-c2ccncc2)[nH]c(-c2ccncc2)c1C.CCc1c(-c2ccncc2)[nH]c(-c2ccncc2)c1C(C)=O.COCCOC(=O)c1c(-c2ccncc2)[nH]c(-c2ccncc2)c1C. The van der Waals surface area contributed by atoms with E-state index in [9.17, 15) is 28.8 Å². The Kier molecular flexibility index (Phi) is 32.2. The van der Waals surface area contributed by atoms with Gasteiger partial charge in [0.05, 0.1) is 51.9 Å². The van der Waals surface area contributed by atoms with Crippen LogP contribution in [-0.2, 0) is 20.6 Å². The molecule has 0 unspecified atom stereocenters. The van der Waals surface area contributed by atoms with Crippen LogP contribution in [0.5, 0.6) is 0 Å². The predicted molar refractivity (Wildman–Crippen MR) is 519 cm³/mol. The molecule has 18 heterocycles. The summed E-state index contributed by atoms with van der Waals surface area (Å²) in [4.78, 5) is 142. The van der Waals surface area contributed by atoms with E-state index >= 15 is 0 Å². The van der Waals surface area contributed by atoms with Gasteiger partial charge in [0.15, 0.2) is 23.1 Å². The molecule has 0 saturated carbocycles. The summed E-state index contributed by atoms with van der Waals surface area (Å²) in [5.41, 5.74) is 31.6. The first-order valence-corrected chi connectivity index (χ1v) is 42.9. The van der Waals surface area contributed by atoms with Gasteiger partial charge in [-0.15, -0.1) is 0 Å².